The SMILES string of the molecule is CCNC(=NCc1c(OC)cc(OC)cc1OC)NCc1c(CC)noc1CC. The van der Waals surface area contributed by atoms with Gasteiger partial charge in [-0.2, -0.15) is 0 Å². The number of aromatic nitrogens is 1. The van der Waals surface area contributed by atoms with Crippen LogP contribution in [0.15, 0.2) is 21.6 Å². The molecule has 0 aliphatic rings. The van der Waals surface area contributed by atoms with Crippen molar-refractivity contribution >= 4 is 5.96 Å². The fraction of sp³-hybridized carbons (Fsp3) is 0.524. The molecule has 29 heavy (non-hydrogen) atoms. The van der Waals surface area contributed by atoms with Crippen molar-refractivity contribution in [1.82, 2.24) is 15.8 Å². The Kier molecular flexibility index (Phi) is 8.64. The van der Waals surface area contributed by atoms with E-state index in [1.54, 1.807) is 21.3 Å². The van der Waals surface area contributed by atoms with Crippen LogP contribution in [-0.4, -0.2) is 39.0 Å². The molecule has 0 atom stereocenters. The summed E-state index contributed by atoms with van der Waals surface area (Å²) in [5.74, 6) is 3.60. The summed E-state index contributed by atoms with van der Waals surface area (Å²) in [6, 6.07) is 3.65. The molecule has 0 saturated heterocycles. The van der Waals surface area contributed by atoms with Crippen molar-refractivity contribution in [3.8, 4) is 17.2 Å². The van der Waals surface area contributed by atoms with Crippen molar-refractivity contribution in [2.75, 3.05) is 27.9 Å². The lowest BCUT2D eigenvalue weighted by atomic mass is 10.1. The Hall–Kier alpha value is -2.90. The van der Waals surface area contributed by atoms with Gasteiger partial charge in [-0.1, -0.05) is 19.0 Å². The van der Waals surface area contributed by atoms with Crippen LogP contribution in [0.2, 0.25) is 0 Å². The number of nitrogens with zero attached hydrogens (tertiary/aromatic N) is 2. The molecule has 8 heteroatoms. The second kappa shape index (κ2) is 11.2. The molecule has 0 spiro atoms. The third-order valence-corrected chi connectivity index (χ3v) is 4.60. The molecular formula is C21H32N4O4. The normalized spacial score (nSPS) is 11.3. The van der Waals surface area contributed by atoms with Crippen LogP contribution in [0.3, 0.4) is 0 Å². The van der Waals surface area contributed by atoms with Crippen molar-refractivity contribution < 1.29 is 18.7 Å². The van der Waals surface area contributed by atoms with Crippen molar-refractivity contribution in [1.29, 1.82) is 0 Å². The van der Waals surface area contributed by atoms with E-state index in [2.05, 4.69) is 29.6 Å². The van der Waals surface area contributed by atoms with Crippen LogP contribution >= 0.6 is 0 Å². The minimum absolute atomic E-state index is 0.385. The topological polar surface area (TPSA) is 90.1 Å². The number of hydrogen-bond acceptors (Lipinski definition) is 6. The van der Waals surface area contributed by atoms with Gasteiger partial charge in [-0.25, -0.2) is 4.99 Å². The number of nitrogens with one attached hydrogen (secondary N) is 2. The lowest BCUT2D eigenvalue weighted by Crippen LogP contribution is -2.37. The second-order valence-electron chi connectivity index (χ2n) is 6.30. The lowest BCUT2D eigenvalue weighted by Gasteiger charge is -2.15. The standard InChI is InChI=1S/C21H32N4O4/c1-7-17-15(18(8-2)29-25-17)12-23-21(22-9-3)24-13-16-19(27-5)10-14(26-4)11-20(16)28-6/h10-11H,7-9,12-13H2,1-6H3,(H2,22,23,24). The Morgan fingerprint density at radius 3 is 2.17 bits per heavy atom. The van der Waals surface area contributed by atoms with Gasteiger partial charge in [0.1, 0.15) is 23.0 Å². The summed E-state index contributed by atoms with van der Waals surface area (Å²) in [5, 5.41) is 10.8. The average molecular weight is 405 g/mol. The van der Waals surface area contributed by atoms with Gasteiger partial charge in [-0.15, -0.1) is 0 Å². The first-order valence-electron chi connectivity index (χ1n) is 9.88. The zero-order valence-electron chi connectivity index (χ0n) is 18.2. The average Bonchev–Trinajstić information content (AvgIpc) is 3.16. The van der Waals surface area contributed by atoms with Gasteiger partial charge >= 0.3 is 0 Å². The molecule has 2 rings (SSSR count). The summed E-state index contributed by atoms with van der Waals surface area (Å²) < 4.78 is 21.8. The Bertz CT molecular complexity index is 771. The maximum Gasteiger partial charge on any atom is 0.191 e. The van der Waals surface area contributed by atoms with E-state index in [0.29, 0.717) is 36.3 Å². The van der Waals surface area contributed by atoms with Crippen LogP contribution in [0.25, 0.3) is 0 Å². The molecule has 0 fully saturated rings. The summed E-state index contributed by atoms with van der Waals surface area (Å²) in [7, 11) is 4.85. The van der Waals surface area contributed by atoms with E-state index in [9.17, 15) is 0 Å². The number of methoxy groups -OCH3 is 3. The molecule has 0 saturated carbocycles. The second-order valence-corrected chi connectivity index (χ2v) is 6.30. The van der Waals surface area contributed by atoms with Crippen LogP contribution in [-0.2, 0) is 25.9 Å². The summed E-state index contributed by atoms with van der Waals surface area (Å²) in [6.45, 7) is 7.89. The summed E-state index contributed by atoms with van der Waals surface area (Å²) in [6.07, 6.45) is 1.63. The molecule has 0 bridgehead atoms. The van der Waals surface area contributed by atoms with Crippen molar-refractivity contribution in [2.24, 2.45) is 4.99 Å². The Labute approximate surface area is 172 Å². The zero-order valence-corrected chi connectivity index (χ0v) is 18.2. The predicted molar refractivity (Wildman–Crippen MR) is 113 cm³/mol. The number of rotatable bonds is 10. The maximum atomic E-state index is 5.51. The molecule has 0 unspecified atom stereocenters. The summed E-state index contributed by atoms with van der Waals surface area (Å²) in [5.41, 5.74) is 2.92. The van der Waals surface area contributed by atoms with E-state index in [1.165, 1.54) is 0 Å². The molecule has 0 amide bonds. The number of aryl methyl sites for hydroxylation is 2. The first kappa shape index (κ1) is 22.4. The molecule has 0 radical (unpaired) electrons. The van der Waals surface area contributed by atoms with E-state index in [4.69, 9.17) is 23.7 Å². The highest BCUT2D eigenvalue weighted by atomic mass is 16.5. The number of ether oxygens (including phenoxy) is 3. The minimum Gasteiger partial charge on any atom is -0.496 e. The zero-order chi connectivity index (χ0) is 21.2. The smallest absolute Gasteiger partial charge is 0.191 e. The number of guanidine groups is 1. The highest BCUT2D eigenvalue weighted by Crippen LogP contribution is 2.34. The van der Waals surface area contributed by atoms with Crippen molar-refractivity contribution in [3.05, 3.63) is 34.7 Å². The van der Waals surface area contributed by atoms with E-state index in [1.807, 2.05) is 19.1 Å². The molecule has 1 aromatic carbocycles. The van der Waals surface area contributed by atoms with E-state index in [-0.39, 0.29) is 0 Å². The number of benzene rings is 1. The molecule has 0 aliphatic heterocycles. The quantitative estimate of drug-likeness (QED) is 0.464. The molecule has 2 aromatic rings. The number of hydrogen-bond donors (Lipinski definition) is 2. The van der Waals surface area contributed by atoms with Gasteiger partial charge in [0.25, 0.3) is 0 Å². The largest absolute Gasteiger partial charge is 0.496 e. The molecule has 1 heterocycles. The summed E-state index contributed by atoms with van der Waals surface area (Å²) in [4.78, 5) is 4.71. The van der Waals surface area contributed by atoms with E-state index in [0.717, 1.165) is 42.0 Å². The lowest BCUT2D eigenvalue weighted by molar-refractivity contribution is 0.369. The Balaban J connectivity index is 2.23. The van der Waals surface area contributed by atoms with Crippen molar-refractivity contribution in [2.45, 2.75) is 46.7 Å². The molecule has 1 aromatic heterocycles. The van der Waals surface area contributed by atoms with Crippen LogP contribution < -0.4 is 24.8 Å². The molecule has 0 aliphatic carbocycles. The van der Waals surface area contributed by atoms with Crippen LogP contribution in [0.4, 0.5) is 0 Å². The van der Waals surface area contributed by atoms with Gasteiger partial charge in [-0.3, -0.25) is 0 Å². The minimum atomic E-state index is 0.385. The Morgan fingerprint density at radius 1 is 0.966 bits per heavy atom. The van der Waals surface area contributed by atoms with Gasteiger partial charge in [0, 0.05) is 37.2 Å². The predicted octanol–water partition coefficient (Wildman–Crippen LogP) is 3.08. The fourth-order valence-electron chi connectivity index (χ4n) is 3.04. The first-order chi connectivity index (χ1) is 14.1. The highest BCUT2D eigenvalue weighted by molar-refractivity contribution is 5.79. The van der Waals surface area contributed by atoms with Crippen LogP contribution in [0.1, 0.15) is 43.4 Å². The maximum absolute atomic E-state index is 5.51. The molecule has 160 valence electrons. The number of aliphatic imine (C=N–C) groups is 1. The molecule has 8 nitrogen and oxygen atoms in total. The third-order valence-electron chi connectivity index (χ3n) is 4.60. The first-order valence-corrected chi connectivity index (χ1v) is 9.88. The van der Waals surface area contributed by atoms with Gasteiger partial charge in [-0.05, 0) is 13.3 Å². The van der Waals surface area contributed by atoms with E-state index >= 15 is 0 Å². The van der Waals surface area contributed by atoms with Crippen LogP contribution in [0.5, 0.6) is 17.2 Å². The third kappa shape index (κ3) is 5.56. The van der Waals surface area contributed by atoms with E-state index < -0.39 is 0 Å². The highest BCUT2D eigenvalue weighted by Gasteiger charge is 2.15. The molecular weight excluding hydrogens is 372 g/mol. The monoisotopic (exact) mass is 404 g/mol. The van der Waals surface area contributed by atoms with Gasteiger partial charge in [0.15, 0.2) is 5.96 Å². The van der Waals surface area contributed by atoms with Gasteiger partial charge in [0.05, 0.1) is 39.1 Å². The van der Waals surface area contributed by atoms with Crippen molar-refractivity contribution in [3.63, 3.8) is 0 Å². The van der Waals surface area contributed by atoms with Crippen LogP contribution in [0, 0.1) is 0 Å². The van der Waals surface area contributed by atoms with Gasteiger partial charge < -0.3 is 29.4 Å². The Morgan fingerprint density at radius 2 is 1.66 bits per heavy atom. The fourth-order valence-corrected chi connectivity index (χ4v) is 3.04. The molecule has 2 N–H and O–H groups in total. The summed E-state index contributed by atoms with van der Waals surface area (Å²) >= 11 is 0. The van der Waals surface area contributed by atoms with Gasteiger partial charge in [0.2, 0.25) is 0 Å².